The number of rotatable bonds is 4. The summed E-state index contributed by atoms with van der Waals surface area (Å²) >= 11 is 0. The van der Waals surface area contributed by atoms with Crippen molar-refractivity contribution in [2.24, 2.45) is 0 Å². The zero-order valence-corrected chi connectivity index (χ0v) is 15.3. The van der Waals surface area contributed by atoms with Crippen molar-refractivity contribution in [3.8, 4) is 17.0 Å². The van der Waals surface area contributed by atoms with Gasteiger partial charge in [-0.05, 0) is 42.8 Å². The number of hydrogen-bond acceptors (Lipinski definition) is 5. The fourth-order valence-electron chi connectivity index (χ4n) is 3.04. The van der Waals surface area contributed by atoms with Crippen LogP contribution in [0.1, 0.15) is 5.56 Å². The van der Waals surface area contributed by atoms with E-state index in [1.54, 1.807) is 36.7 Å². The second-order valence-corrected chi connectivity index (χ2v) is 6.38. The SMILES string of the molecule is Cc1cnc(NC(=O)CN2C(=O)COc3ccccc32)cc1-c1ccccn1. The van der Waals surface area contributed by atoms with Gasteiger partial charge in [0.25, 0.3) is 5.91 Å². The normalized spacial score (nSPS) is 12.9. The second-order valence-electron chi connectivity index (χ2n) is 6.38. The molecule has 0 fully saturated rings. The van der Waals surface area contributed by atoms with Gasteiger partial charge in [0, 0.05) is 18.0 Å². The van der Waals surface area contributed by atoms with Gasteiger partial charge in [-0.25, -0.2) is 4.98 Å². The molecule has 0 saturated heterocycles. The first-order valence-corrected chi connectivity index (χ1v) is 8.82. The smallest absolute Gasteiger partial charge is 0.265 e. The molecule has 0 atom stereocenters. The van der Waals surface area contributed by atoms with Crippen molar-refractivity contribution in [2.75, 3.05) is 23.4 Å². The van der Waals surface area contributed by atoms with Gasteiger partial charge in [0.1, 0.15) is 18.1 Å². The Balaban J connectivity index is 1.53. The Morgan fingerprint density at radius 3 is 2.82 bits per heavy atom. The van der Waals surface area contributed by atoms with Crippen molar-refractivity contribution in [1.29, 1.82) is 0 Å². The number of nitrogens with one attached hydrogen (secondary N) is 1. The van der Waals surface area contributed by atoms with Gasteiger partial charge in [-0.2, -0.15) is 0 Å². The van der Waals surface area contributed by atoms with Crippen molar-refractivity contribution < 1.29 is 14.3 Å². The van der Waals surface area contributed by atoms with Gasteiger partial charge in [-0.3, -0.25) is 19.5 Å². The van der Waals surface area contributed by atoms with Crippen LogP contribution in [0, 0.1) is 6.92 Å². The maximum Gasteiger partial charge on any atom is 0.265 e. The molecule has 0 bridgehead atoms. The molecule has 0 radical (unpaired) electrons. The number of pyridine rings is 2. The maximum absolute atomic E-state index is 12.6. The predicted molar refractivity (Wildman–Crippen MR) is 105 cm³/mol. The zero-order chi connectivity index (χ0) is 19.5. The number of nitrogens with zero attached hydrogens (tertiary/aromatic N) is 3. The molecule has 7 nitrogen and oxygen atoms in total. The molecular formula is C21H18N4O3. The van der Waals surface area contributed by atoms with E-state index in [-0.39, 0.29) is 25.0 Å². The van der Waals surface area contributed by atoms with Crippen LogP contribution < -0.4 is 15.0 Å². The van der Waals surface area contributed by atoms with Gasteiger partial charge in [-0.15, -0.1) is 0 Å². The van der Waals surface area contributed by atoms with E-state index < -0.39 is 0 Å². The lowest BCUT2D eigenvalue weighted by molar-refractivity contribution is -0.123. The van der Waals surface area contributed by atoms with Gasteiger partial charge in [0.2, 0.25) is 5.91 Å². The second kappa shape index (κ2) is 7.48. The summed E-state index contributed by atoms with van der Waals surface area (Å²) in [5.41, 5.74) is 3.22. The Hall–Kier alpha value is -3.74. The summed E-state index contributed by atoms with van der Waals surface area (Å²) < 4.78 is 5.40. The predicted octanol–water partition coefficient (Wildman–Crippen LogP) is 2.82. The van der Waals surface area contributed by atoms with Crippen LogP contribution in [0.4, 0.5) is 11.5 Å². The third kappa shape index (κ3) is 3.55. The number of para-hydroxylation sites is 2. The molecule has 3 heterocycles. The van der Waals surface area contributed by atoms with Crippen molar-refractivity contribution in [1.82, 2.24) is 9.97 Å². The number of aromatic nitrogens is 2. The quantitative estimate of drug-likeness (QED) is 0.759. The Morgan fingerprint density at radius 2 is 2.00 bits per heavy atom. The molecule has 0 aliphatic carbocycles. The first-order chi connectivity index (χ1) is 13.6. The zero-order valence-electron chi connectivity index (χ0n) is 15.3. The molecule has 140 valence electrons. The molecular weight excluding hydrogens is 356 g/mol. The van der Waals surface area contributed by atoms with Crippen LogP contribution in [-0.4, -0.2) is 34.9 Å². The van der Waals surface area contributed by atoms with E-state index in [9.17, 15) is 9.59 Å². The minimum Gasteiger partial charge on any atom is -0.482 e. The monoisotopic (exact) mass is 374 g/mol. The molecule has 0 unspecified atom stereocenters. The summed E-state index contributed by atoms with van der Waals surface area (Å²) in [6, 6.07) is 14.6. The highest BCUT2D eigenvalue weighted by molar-refractivity contribution is 6.04. The van der Waals surface area contributed by atoms with E-state index in [1.807, 2.05) is 31.2 Å². The van der Waals surface area contributed by atoms with E-state index in [2.05, 4.69) is 15.3 Å². The number of ether oxygens (including phenoxy) is 1. The van der Waals surface area contributed by atoms with E-state index in [4.69, 9.17) is 4.74 Å². The minimum atomic E-state index is -0.339. The molecule has 2 aromatic heterocycles. The summed E-state index contributed by atoms with van der Waals surface area (Å²) in [5.74, 6) is 0.388. The summed E-state index contributed by atoms with van der Waals surface area (Å²) in [6.45, 7) is 1.73. The van der Waals surface area contributed by atoms with Crippen molar-refractivity contribution in [2.45, 2.75) is 6.92 Å². The molecule has 0 saturated carbocycles. The highest BCUT2D eigenvalue weighted by atomic mass is 16.5. The topological polar surface area (TPSA) is 84.4 Å². The number of amides is 2. The molecule has 0 spiro atoms. The number of aryl methyl sites for hydroxylation is 1. The Bertz CT molecular complexity index is 1040. The first kappa shape index (κ1) is 17.7. The number of hydrogen-bond donors (Lipinski definition) is 1. The number of benzene rings is 1. The molecule has 2 amide bonds. The van der Waals surface area contributed by atoms with Crippen molar-refractivity contribution in [3.05, 3.63) is 66.5 Å². The molecule has 3 aromatic rings. The summed E-state index contributed by atoms with van der Waals surface area (Å²) in [7, 11) is 0. The highest BCUT2D eigenvalue weighted by Gasteiger charge is 2.27. The lowest BCUT2D eigenvalue weighted by Crippen LogP contribution is -2.43. The molecule has 1 aliphatic heterocycles. The molecule has 1 aliphatic rings. The Morgan fingerprint density at radius 1 is 1.18 bits per heavy atom. The van der Waals surface area contributed by atoms with Crippen molar-refractivity contribution >= 4 is 23.3 Å². The Kier molecular flexibility index (Phi) is 4.72. The molecule has 28 heavy (non-hydrogen) atoms. The number of carbonyl (C=O) groups excluding carboxylic acids is 2. The van der Waals surface area contributed by atoms with Crippen LogP contribution in [0.3, 0.4) is 0 Å². The van der Waals surface area contributed by atoms with Gasteiger partial charge in [0.15, 0.2) is 6.61 Å². The van der Waals surface area contributed by atoms with Crippen LogP contribution in [0.2, 0.25) is 0 Å². The Labute approximate surface area is 162 Å². The summed E-state index contributed by atoms with van der Waals surface area (Å²) in [4.78, 5) is 34.8. The van der Waals surface area contributed by atoms with Crippen LogP contribution in [0.5, 0.6) is 5.75 Å². The fraction of sp³-hybridized carbons (Fsp3) is 0.143. The lowest BCUT2D eigenvalue weighted by atomic mass is 10.1. The first-order valence-electron chi connectivity index (χ1n) is 8.82. The van der Waals surface area contributed by atoms with Crippen LogP contribution in [-0.2, 0) is 9.59 Å². The van der Waals surface area contributed by atoms with Gasteiger partial charge in [0.05, 0.1) is 11.4 Å². The number of carbonyl (C=O) groups is 2. The molecule has 4 rings (SSSR count). The average Bonchev–Trinajstić information content (AvgIpc) is 2.72. The lowest BCUT2D eigenvalue weighted by Gasteiger charge is -2.28. The maximum atomic E-state index is 12.6. The number of anilines is 2. The number of fused-ring (bicyclic) bond motifs is 1. The van der Waals surface area contributed by atoms with E-state index >= 15 is 0 Å². The average molecular weight is 374 g/mol. The standard InChI is InChI=1S/C21H18N4O3/c1-14-11-23-19(10-15(14)16-6-4-5-9-22-16)24-20(26)12-25-17-7-2-3-8-18(17)28-13-21(25)27/h2-11H,12-13H2,1H3,(H,23,24,26). The summed E-state index contributed by atoms with van der Waals surface area (Å²) in [6.07, 6.45) is 3.41. The van der Waals surface area contributed by atoms with E-state index in [0.29, 0.717) is 17.3 Å². The third-order valence-corrected chi connectivity index (χ3v) is 4.42. The van der Waals surface area contributed by atoms with Gasteiger partial charge in [-0.1, -0.05) is 18.2 Å². The van der Waals surface area contributed by atoms with Crippen LogP contribution >= 0.6 is 0 Å². The largest absolute Gasteiger partial charge is 0.482 e. The van der Waals surface area contributed by atoms with Gasteiger partial charge >= 0.3 is 0 Å². The van der Waals surface area contributed by atoms with E-state index in [1.165, 1.54) is 4.90 Å². The molecule has 1 aromatic carbocycles. The molecule has 1 N–H and O–H groups in total. The fourth-order valence-corrected chi connectivity index (χ4v) is 3.04. The molecule has 7 heteroatoms. The van der Waals surface area contributed by atoms with Crippen molar-refractivity contribution in [3.63, 3.8) is 0 Å². The van der Waals surface area contributed by atoms with Gasteiger partial charge < -0.3 is 10.1 Å². The van der Waals surface area contributed by atoms with Crippen LogP contribution in [0.15, 0.2) is 60.9 Å². The minimum absolute atomic E-state index is 0.0864. The highest BCUT2D eigenvalue weighted by Crippen LogP contribution is 2.31. The van der Waals surface area contributed by atoms with E-state index in [0.717, 1.165) is 16.8 Å². The summed E-state index contributed by atoms with van der Waals surface area (Å²) in [5, 5.41) is 2.77. The third-order valence-electron chi connectivity index (χ3n) is 4.42. The van der Waals surface area contributed by atoms with Crippen LogP contribution in [0.25, 0.3) is 11.3 Å².